The fraction of sp³-hybridized carbons (Fsp3) is 0.391. The van der Waals surface area contributed by atoms with Crippen LogP contribution in [-0.2, 0) is 11.3 Å². The number of halogens is 2. The Labute approximate surface area is 202 Å². The van der Waals surface area contributed by atoms with Crippen molar-refractivity contribution in [3.8, 4) is 5.75 Å². The van der Waals surface area contributed by atoms with E-state index < -0.39 is 12.2 Å². The van der Waals surface area contributed by atoms with Crippen LogP contribution in [0.15, 0.2) is 42.5 Å². The molecule has 2 aromatic rings. The predicted molar refractivity (Wildman–Crippen MR) is 126 cm³/mol. The zero-order chi connectivity index (χ0) is 23.3. The summed E-state index contributed by atoms with van der Waals surface area (Å²) in [6.45, 7) is 1.68. The number of nitrogens with one attached hydrogen (secondary N) is 1. The summed E-state index contributed by atoms with van der Waals surface area (Å²) in [6.07, 6.45) is 0.268. The average molecular weight is 490 g/mol. The number of carbonyl (C=O) groups is 2. The van der Waals surface area contributed by atoms with E-state index in [1.54, 1.807) is 37.3 Å². The predicted octanol–water partition coefficient (Wildman–Crippen LogP) is 3.19. The molecule has 3 aliphatic heterocycles. The monoisotopic (exact) mass is 489 g/mol. The van der Waals surface area contributed by atoms with Crippen LogP contribution in [0.5, 0.6) is 5.75 Å². The quantitative estimate of drug-likeness (QED) is 0.711. The van der Waals surface area contributed by atoms with E-state index in [0.717, 1.165) is 30.9 Å². The van der Waals surface area contributed by atoms with Gasteiger partial charge in [-0.2, -0.15) is 0 Å². The molecule has 174 valence electrons. The van der Waals surface area contributed by atoms with Gasteiger partial charge < -0.3 is 14.5 Å². The molecule has 3 amide bonds. The van der Waals surface area contributed by atoms with Gasteiger partial charge in [-0.15, -0.1) is 0 Å². The van der Waals surface area contributed by atoms with Gasteiger partial charge in [-0.25, -0.2) is 4.79 Å². The summed E-state index contributed by atoms with van der Waals surface area (Å²) in [6, 6.07) is 12.1. The van der Waals surface area contributed by atoms with Crippen LogP contribution in [0.4, 0.5) is 10.5 Å². The largest absolute Gasteiger partial charge is 0.497 e. The first kappa shape index (κ1) is 22.3. The van der Waals surface area contributed by atoms with Crippen LogP contribution in [0, 0.1) is 0 Å². The number of likely N-dealkylation sites (N-methyl/N-ethyl adjacent to an activating group) is 1. The molecule has 0 saturated carbocycles. The molecule has 0 bridgehead atoms. The van der Waals surface area contributed by atoms with Gasteiger partial charge in [-0.3, -0.25) is 19.9 Å². The van der Waals surface area contributed by atoms with Crippen molar-refractivity contribution < 1.29 is 14.3 Å². The van der Waals surface area contributed by atoms with Crippen LogP contribution < -0.4 is 15.0 Å². The minimum atomic E-state index is -0.489. The highest BCUT2D eigenvalue weighted by Crippen LogP contribution is 2.35. The highest BCUT2D eigenvalue weighted by atomic mass is 35.5. The van der Waals surface area contributed by atoms with Crippen molar-refractivity contribution in [2.24, 2.45) is 0 Å². The molecule has 2 aromatic carbocycles. The first-order valence-electron chi connectivity index (χ1n) is 10.8. The van der Waals surface area contributed by atoms with E-state index in [1.807, 2.05) is 24.3 Å². The van der Waals surface area contributed by atoms with Crippen LogP contribution in [0.3, 0.4) is 0 Å². The Morgan fingerprint density at radius 2 is 1.94 bits per heavy atom. The molecule has 0 spiro atoms. The van der Waals surface area contributed by atoms with E-state index in [1.165, 1.54) is 4.90 Å². The molecule has 5 rings (SSSR count). The van der Waals surface area contributed by atoms with Gasteiger partial charge in [-0.05, 0) is 36.2 Å². The summed E-state index contributed by atoms with van der Waals surface area (Å²) in [7, 11) is 3.37. The molecule has 1 N–H and O–H groups in total. The molecular formula is C23H25Cl2N5O3. The van der Waals surface area contributed by atoms with Gasteiger partial charge in [-0.1, -0.05) is 35.3 Å². The van der Waals surface area contributed by atoms with Crippen LogP contribution >= 0.6 is 23.2 Å². The Morgan fingerprint density at radius 1 is 1.12 bits per heavy atom. The molecule has 33 heavy (non-hydrogen) atoms. The second-order valence-corrected chi connectivity index (χ2v) is 9.31. The number of anilines is 1. The Bertz CT molecular complexity index is 1100. The van der Waals surface area contributed by atoms with Gasteiger partial charge in [0.2, 0.25) is 0 Å². The van der Waals surface area contributed by atoms with E-state index in [4.69, 9.17) is 27.9 Å². The topological polar surface area (TPSA) is 68.4 Å². The maximum absolute atomic E-state index is 13.6. The van der Waals surface area contributed by atoms with Crippen LogP contribution in [0.1, 0.15) is 12.0 Å². The Kier molecular flexibility index (Phi) is 5.86. The number of fused-ring (bicyclic) bond motifs is 3. The summed E-state index contributed by atoms with van der Waals surface area (Å²) in [4.78, 5) is 34.1. The fourth-order valence-electron chi connectivity index (χ4n) is 4.94. The highest BCUT2D eigenvalue weighted by Gasteiger charge is 2.56. The molecular weight excluding hydrogens is 465 g/mol. The van der Waals surface area contributed by atoms with Crippen molar-refractivity contribution in [3.05, 3.63) is 58.1 Å². The summed E-state index contributed by atoms with van der Waals surface area (Å²) in [5.41, 5.74) is 1.68. The maximum Gasteiger partial charge on any atom is 0.328 e. The van der Waals surface area contributed by atoms with E-state index in [2.05, 4.69) is 15.1 Å². The number of nitrogens with zero attached hydrogens (tertiary/aromatic N) is 4. The third-order valence-corrected chi connectivity index (χ3v) is 7.19. The SMILES string of the molecule is COc1cccc(N2CCCN3C4C(=O)N(Cc5ccc(Cl)cc5Cl)C(=O)N(C)C4NC23)c1. The number of amides is 3. The molecule has 8 nitrogen and oxygen atoms in total. The number of carbonyl (C=O) groups excluding carboxylic acids is 2. The first-order chi connectivity index (χ1) is 15.9. The van der Waals surface area contributed by atoms with Crippen molar-refractivity contribution in [2.45, 2.75) is 31.5 Å². The molecule has 3 unspecified atom stereocenters. The highest BCUT2D eigenvalue weighted by molar-refractivity contribution is 6.35. The normalized spacial score (nSPS) is 25.3. The zero-order valence-electron chi connectivity index (χ0n) is 18.4. The van der Waals surface area contributed by atoms with Crippen molar-refractivity contribution in [1.29, 1.82) is 0 Å². The molecule has 3 aliphatic rings. The molecule has 0 aliphatic carbocycles. The minimum absolute atomic E-state index is 0.0966. The maximum atomic E-state index is 13.6. The Balaban J connectivity index is 1.43. The Hall–Kier alpha value is -2.52. The fourth-order valence-corrected chi connectivity index (χ4v) is 5.41. The van der Waals surface area contributed by atoms with Gasteiger partial charge in [0.15, 0.2) is 0 Å². The van der Waals surface area contributed by atoms with Crippen molar-refractivity contribution in [2.75, 3.05) is 32.1 Å². The third-order valence-electron chi connectivity index (χ3n) is 6.60. The van der Waals surface area contributed by atoms with Gasteiger partial charge in [0.1, 0.15) is 24.2 Å². The van der Waals surface area contributed by atoms with E-state index in [-0.39, 0.29) is 24.8 Å². The standard InChI is InChI=1S/C23H25Cl2N5O3/c1-27-20-19(21(31)30(23(27)32)13-14-7-8-15(24)11-18(14)25)29-10-4-9-28(22(29)26-20)16-5-3-6-17(12-16)33-2/h3,5-8,11-12,19-20,22,26H,4,9-10,13H2,1-2H3. The van der Waals surface area contributed by atoms with E-state index in [0.29, 0.717) is 15.6 Å². The zero-order valence-corrected chi connectivity index (χ0v) is 19.9. The number of hydrogen-bond acceptors (Lipinski definition) is 6. The van der Waals surface area contributed by atoms with Crippen LogP contribution in [0.2, 0.25) is 10.0 Å². The van der Waals surface area contributed by atoms with Gasteiger partial charge in [0.05, 0.1) is 13.7 Å². The van der Waals surface area contributed by atoms with Crippen molar-refractivity contribution >= 4 is 40.8 Å². The van der Waals surface area contributed by atoms with Crippen molar-refractivity contribution in [3.63, 3.8) is 0 Å². The lowest BCUT2D eigenvalue weighted by atomic mass is 10.1. The molecule has 3 atom stereocenters. The lowest BCUT2D eigenvalue weighted by molar-refractivity contribution is -0.139. The first-order valence-corrected chi connectivity index (χ1v) is 11.6. The number of imide groups is 1. The molecule has 3 fully saturated rings. The minimum Gasteiger partial charge on any atom is -0.497 e. The number of ether oxygens (including phenoxy) is 1. The molecule has 0 aromatic heterocycles. The Morgan fingerprint density at radius 3 is 2.70 bits per heavy atom. The third kappa shape index (κ3) is 3.81. The second kappa shape index (κ2) is 8.68. The molecule has 10 heteroatoms. The van der Waals surface area contributed by atoms with Gasteiger partial charge in [0, 0.05) is 41.9 Å². The van der Waals surface area contributed by atoms with E-state index in [9.17, 15) is 9.59 Å². The average Bonchev–Trinajstić information content (AvgIpc) is 3.22. The number of urea groups is 1. The van der Waals surface area contributed by atoms with Crippen LogP contribution in [0.25, 0.3) is 0 Å². The second-order valence-electron chi connectivity index (χ2n) is 8.47. The smallest absolute Gasteiger partial charge is 0.328 e. The lowest BCUT2D eigenvalue weighted by Crippen LogP contribution is -2.66. The van der Waals surface area contributed by atoms with Gasteiger partial charge >= 0.3 is 6.03 Å². The number of methoxy groups -OCH3 is 1. The van der Waals surface area contributed by atoms with Gasteiger partial charge in [0.25, 0.3) is 5.91 Å². The lowest BCUT2D eigenvalue weighted by Gasteiger charge is -2.44. The summed E-state index contributed by atoms with van der Waals surface area (Å²) < 4.78 is 5.39. The number of hydrogen-bond donors (Lipinski definition) is 1. The summed E-state index contributed by atoms with van der Waals surface area (Å²) in [5.74, 6) is 0.547. The summed E-state index contributed by atoms with van der Waals surface area (Å²) >= 11 is 12.3. The number of benzene rings is 2. The number of rotatable bonds is 4. The van der Waals surface area contributed by atoms with Crippen LogP contribution in [-0.4, -0.2) is 72.4 Å². The van der Waals surface area contributed by atoms with Crippen molar-refractivity contribution in [1.82, 2.24) is 20.0 Å². The molecule has 0 radical (unpaired) electrons. The summed E-state index contributed by atoms with van der Waals surface area (Å²) in [5, 5.41) is 4.45. The molecule has 3 saturated heterocycles. The molecule has 3 heterocycles. The van der Waals surface area contributed by atoms with E-state index >= 15 is 0 Å².